The molecule has 17 heteroatoms. The van der Waals surface area contributed by atoms with Crippen LogP contribution in [0.3, 0.4) is 0 Å². The first-order valence-corrected chi connectivity index (χ1v) is 18.0. The van der Waals surface area contributed by atoms with E-state index in [2.05, 4.69) is 36.7 Å². The molecular weight excluding hydrogens is 684 g/mol. The number of amides is 5. The molecule has 1 rings (SSSR count). The maximum Gasteiger partial charge on any atom is 0.253 e. The van der Waals surface area contributed by atoms with Crippen LogP contribution in [-0.2, 0) is 61.9 Å². The fourth-order valence-corrected chi connectivity index (χ4v) is 4.09. The number of nitrogens with zero attached hydrogens (tertiary/aromatic N) is 1. The summed E-state index contributed by atoms with van der Waals surface area (Å²) in [4.78, 5) is 59.3. The second kappa shape index (κ2) is 31.5. The molecule has 0 saturated carbocycles. The van der Waals surface area contributed by atoms with E-state index in [1.165, 1.54) is 12.2 Å². The average molecular weight is 747 g/mol. The van der Waals surface area contributed by atoms with E-state index < -0.39 is 11.8 Å². The normalized spacial score (nSPS) is 12.9. The highest BCUT2D eigenvalue weighted by Crippen LogP contribution is 2.20. The molecule has 0 bridgehead atoms. The fraction of sp³-hybridized carbons (Fsp3) is 0.800. The molecule has 0 saturated heterocycles. The first-order valence-electron chi connectivity index (χ1n) is 18.0. The van der Waals surface area contributed by atoms with Crippen LogP contribution < -0.4 is 16.0 Å². The molecule has 0 radical (unpaired) electrons. The van der Waals surface area contributed by atoms with E-state index in [0.717, 1.165) is 11.3 Å². The van der Waals surface area contributed by atoms with Gasteiger partial charge in [-0.1, -0.05) is 20.8 Å². The van der Waals surface area contributed by atoms with Crippen molar-refractivity contribution >= 4 is 29.5 Å². The van der Waals surface area contributed by atoms with Crippen LogP contribution in [0.2, 0.25) is 0 Å². The number of nitrogens with one attached hydrogen (secondary N) is 3. The van der Waals surface area contributed by atoms with Crippen LogP contribution in [0.25, 0.3) is 0 Å². The summed E-state index contributed by atoms with van der Waals surface area (Å²) in [5, 5.41) is 8.24. The predicted molar refractivity (Wildman–Crippen MR) is 189 cm³/mol. The van der Waals surface area contributed by atoms with Crippen LogP contribution in [0.15, 0.2) is 12.2 Å². The van der Waals surface area contributed by atoms with Crippen molar-refractivity contribution in [3.8, 4) is 0 Å². The van der Waals surface area contributed by atoms with Crippen molar-refractivity contribution in [1.29, 1.82) is 0 Å². The molecule has 0 aliphatic carbocycles. The molecule has 1 aliphatic heterocycles. The van der Waals surface area contributed by atoms with Gasteiger partial charge in [-0.2, -0.15) is 0 Å². The van der Waals surface area contributed by atoms with Gasteiger partial charge in [0.15, 0.2) is 0 Å². The summed E-state index contributed by atoms with van der Waals surface area (Å²) in [6, 6.07) is 0. The van der Waals surface area contributed by atoms with E-state index in [1.54, 1.807) is 0 Å². The highest BCUT2D eigenvalue weighted by Gasteiger charge is 2.23. The number of rotatable bonds is 35. The average Bonchev–Trinajstić information content (AvgIpc) is 3.43. The van der Waals surface area contributed by atoms with Gasteiger partial charge in [0.25, 0.3) is 11.8 Å². The summed E-state index contributed by atoms with van der Waals surface area (Å²) in [6.45, 7) is 14.1. The minimum Gasteiger partial charge on any atom is -0.379 e. The molecule has 0 unspecified atom stereocenters. The first-order chi connectivity index (χ1) is 25.1. The van der Waals surface area contributed by atoms with Gasteiger partial charge < -0.3 is 53.8 Å². The number of hydrogen-bond donors (Lipinski definition) is 3. The van der Waals surface area contributed by atoms with Gasteiger partial charge in [-0.3, -0.25) is 28.9 Å². The van der Waals surface area contributed by atoms with Crippen LogP contribution in [0.1, 0.15) is 46.5 Å². The number of hydrogen-bond acceptors (Lipinski definition) is 13. The van der Waals surface area contributed by atoms with Gasteiger partial charge in [0.1, 0.15) is 0 Å². The Kier molecular flexibility index (Phi) is 28.5. The lowest BCUT2D eigenvalue weighted by Crippen LogP contribution is -2.35. The maximum atomic E-state index is 11.8. The van der Waals surface area contributed by atoms with E-state index in [9.17, 15) is 24.0 Å². The Morgan fingerprint density at radius 2 is 0.808 bits per heavy atom. The van der Waals surface area contributed by atoms with E-state index >= 15 is 0 Å². The highest BCUT2D eigenvalue weighted by molar-refractivity contribution is 6.13. The number of ether oxygens (including phenoxy) is 8. The van der Waals surface area contributed by atoms with Crippen LogP contribution in [0, 0.1) is 5.41 Å². The van der Waals surface area contributed by atoms with Crippen LogP contribution in [0.4, 0.5) is 0 Å². The summed E-state index contributed by atoms with van der Waals surface area (Å²) in [5.41, 5.74) is 0.120. The number of carbonyl (C=O) groups excluding carboxylic acids is 5. The van der Waals surface area contributed by atoms with Gasteiger partial charge in [0, 0.05) is 57.6 Å². The lowest BCUT2D eigenvalue weighted by Gasteiger charge is -2.17. The molecule has 0 aromatic carbocycles. The van der Waals surface area contributed by atoms with Crippen molar-refractivity contribution in [2.24, 2.45) is 5.41 Å². The smallest absolute Gasteiger partial charge is 0.253 e. The zero-order chi connectivity index (χ0) is 38.1. The summed E-state index contributed by atoms with van der Waals surface area (Å²) >= 11 is 0. The quantitative estimate of drug-likeness (QED) is 0.0579. The second-order valence-corrected chi connectivity index (χ2v) is 12.7. The maximum absolute atomic E-state index is 11.8. The summed E-state index contributed by atoms with van der Waals surface area (Å²) in [6.07, 6.45) is 3.98. The van der Waals surface area contributed by atoms with Gasteiger partial charge in [-0.05, 0) is 11.8 Å². The summed E-state index contributed by atoms with van der Waals surface area (Å²) in [7, 11) is 0. The van der Waals surface area contributed by atoms with Gasteiger partial charge in [0.2, 0.25) is 17.7 Å². The van der Waals surface area contributed by atoms with Crippen molar-refractivity contribution in [2.45, 2.75) is 46.5 Å². The summed E-state index contributed by atoms with van der Waals surface area (Å²) in [5.74, 6) is -1.18. The Labute approximate surface area is 308 Å². The molecule has 52 heavy (non-hydrogen) atoms. The van der Waals surface area contributed by atoms with Crippen LogP contribution in [0.5, 0.6) is 0 Å². The van der Waals surface area contributed by atoms with E-state index in [-0.39, 0.29) is 42.5 Å². The number of imide groups is 1. The molecule has 17 nitrogen and oxygen atoms in total. The van der Waals surface area contributed by atoms with Crippen molar-refractivity contribution in [3.63, 3.8) is 0 Å². The lowest BCUT2D eigenvalue weighted by atomic mass is 9.90. The Hall–Kier alpha value is -3.03. The molecule has 0 spiro atoms. The van der Waals surface area contributed by atoms with Gasteiger partial charge in [0.05, 0.1) is 106 Å². The molecule has 3 N–H and O–H groups in total. The van der Waals surface area contributed by atoms with Crippen molar-refractivity contribution in [1.82, 2.24) is 20.9 Å². The van der Waals surface area contributed by atoms with Crippen molar-refractivity contribution < 1.29 is 61.9 Å². The van der Waals surface area contributed by atoms with E-state index in [0.29, 0.717) is 132 Å². The molecule has 1 aliphatic rings. The minimum atomic E-state index is -0.402. The summed E-state index contributed by atoms with van der Waals surface area (Å²) < 4.78 is 43.5. The third kappa shape index (κ3) is 29.5. The van der Waals surface area contributed by atoms with Crippen molar-refractivity contribution in [2.75, 3.05) is 132 Å². The monoisotopic (exact) mass is 746 g/mol. The molecule has 0 aromatic heterocycles. The molecule has 0 aromatic rings. The number of carbonyl (C=O) groups is 5. The third-order valence-corrected chi connectivity index (χ3v) is 6.98. The van der Waals surface area contributed by atoms with Crippen LogP contribution in [-0.4, -0.2) is 166 Å². The Balaban J connectivity index is 1.70. The van der Waals surface area contributed by atoms with Crippen molar-refractivity contribution in [3.05, 3.63) is 12.2 Å². The zero-order valence-electron chi connectivity index (χ0n) is 31.4. The fourth-order valence-electron chi connectivity index (χ4n) is 4.09. The van der Waals surface area contributed by atoms with Gasteiger partial charge in [-0.15, -0.1) is 0 Å². The minimum absolute atomic E-state index is 0.000716. The van der Waals surface area contributed by atoms with Gasteiger partial charge in [-0.25, -0.2) is 0 Å². The second-order valence-electron chi connectivity index (χ2n) is 12.7. The molecule has 300 valence electrons. The van der Waals surface area contributed by atoms with E-state index in [4.69, 9.17) is 37.9 Å². The van der Waals surface area contributed by atoms with E-state index in [1.807, 2.05) is 0 Å². The van der Waals surface area contributed by atoms with Crippen LogP contribution >= 0.6 is 0 Å². The highest BCUT2D eigenvalue weighted by atomic mass is 16.6. The molecule has 5 amide bonds. The molecule has 0 atom stereocenters. The Morgan fingerprint density at radius 1 is 0.481 bits per heavy atom. The topological polar surface area (TPSA) is 199 Å². The largest absolute Gasteiger partial charge is 0.379 e. The standard InChI is InChI=1S/C35H62N4O13/c1-35(2,3)9-6-30(40)36-10-11-37-32(42)8-14-45-16-18-47-20-22-49-24-26-51-28-29-52-27-25-50-23-21-48-19-17-46-15-12-38-31(41)7-13-39-33(43)4-5-34(39)44/h4-5H,6-29H2,1-3H3,(H,36,40)(H,37,42)(H,38,41). The zero-order valence-corrected chi connectivity index (χ0v) is 31.4. The first kappa shape index (κ1) is 47.0. The Morgan fingerprint density at radius 3 is 1.21 bits per heavy atom. The Bertz CT molecular complexity index is 1010. The predicted octanol–water partition coefficient (Wildman–Crippen LogP) is -0.000700. The molecule has 0 fully saturated rings. The molecule has 1 heterocycles. The third-order valence-electron chi connectivity index (χ3n) is 6.98. The lowest BCUT2D eigenvalue weighted by molar-refractivity contribution is -0.137. The van der Waals surface area contributed by atoms with Gasteiger partial charge >= 0.3 is 0 Å². The molecular formula is C35H62N4O13. The SMILES string of the molecule is CC(C)(C)CCC(=O)NCCNC(=O)CCOCCOCCOCCOCCOCCOCCOCCOCCNC(=O)CCN1C(=O)C=CC1=O.